The Morgan fingerprint density at radius 2 is 1.96 bits per heavy atom. The molecule has 0 unspecified atom stereocenters. The van der Waals surface area contributed by atoms with Crippen LogP contribution in [0.3, 0.4) is 0 Å². The number of hydrogen-bond donors (Lipinski definition) is 3. The van der Waals surface area contributed by atoms with Crippen LogP contribution in [0.1, 0.15) is 32.7 Å². The minimum absolute atomic E-state index is 0.450. The summed E-state index contributed by atoms with van der Waals surface area (Å²) in [5.74, 6) is -1.86. The second-order valence-corrected chi connectivity index (χ2v) is 8.33. The number of ether oxygens (including phenoxy) is 1. The quantitative estimate of drug-likeness (QED) is 0.680. The molecule has 26 heavy (non-hydrogen) atoms. The van der Waals surface area contributed by atoms with Gasteiger partial charge in [-0.3, -0.25) is 4.79 Å². The van der Waals surface area contributed by atoms with Gasteiger partial charge in [-0.2, -0.15) is 0 Å². The fourth-order valence-corrected chi connectivity index (χ4v) is 4.47. The van der Waals surface area contributed by atoms with Crippen molar-refractivity contribution in [1.82, 2.24) is 25.7 Å². The highest BCUT2D eigenvalue weighted by atomic mass is 32.1. The van der Waals surface area contributed by atoms with E-state index in [4.69, 9.17) is 4.74 Å². The molecule has 0 spiro atoms. The van der Waals surface area contributed by atoms with Gasteiger partial charge in [-0.15, -0.1) is 10.2 Å². The van der Waals surface area contributed by atoms with E-state index in [1.807, 2.05) is 25.7 Å². The van der Waals surface area contributed by atoms with Gasteiger partial charge in [0.05, 0.1) is 13.2 Å². The number of carboxylic acid groups (broad SMARTS) is 1. The van der Waals surface area contributed by atoms with E-state index in [9.17, 15) is 9.90 Å². The molecular formula is C16H26N6O3S. The fraction of sp³-hybridized carbons (Fsp3) is 0.688. The van der Waals surface area contributed by atoms with E-state index in [0.29, 0.717) is 18.2 Å². The monoisotopic (exact) mass is 382 g/mol. The van der Waals surface area contributed by atoms with Crippen molar-refractivity contribution in [3.05, 3.63) is 17.4 Å². The van der Waals surface area contributed by atoms with E-state index in [-0.39, 0.29) is 0 Å². The Hall–Kier alpha value is -1.91. The molecule has 0 aliphatic carbocycles. The van der Waals surface area contributed by atoms with Crippen LogP contribution in [0.5, 0.6) is 0 Å². The number of aliphatic carboxylic acids is 1. The average molecular weight is 382 g/mol. The molecule has 3 rings (SSSR count). The smallest absolute Gasteiger partial charge is 0.320 e. The molecule has 144 valence electrons. The standard InChI is InChI=1S/C16H26N6O3S/c1-11(12(23)24)22(15(2,3)4)16(17-5-6-18-16)13-19-20-14(26-13)21-7-9-25-10-8-21/h5-6,11,17-18H,7-10H2,1-4H3,(H,23,24)/t11-/m0/s1. The highest BCUT2D eigenvalue weighted by Crippen LogP contribution is 2.37. The molecule has 0 radical (unpaired) electrons. The second-order valence-electron chi connectivity index (χ2n) is 7.38. The van der Waals surface area contributed by atoms with Crippen molar-refractivity contribution in [3.8, 4) is 0 Å². The van der Waals surface area contributed by atoms with Gasteiger partial charge in [0.25, 0.3) is 0 Å². The predicted molar refractivity (Wildman–Crippen MR) is 98.7 cm³/mol. The Morgan fingerprint density at radius 1 is 1.35 bits per heavy atom. The Morgan fingerprint density at radius 3 is 2.50 bits per heavy atom. The van der Waals surface area contributed by atoms with Crippen LogP contribution < -0.4 is 15.5 Å². The van der Waals surface area contributed by atoms with Gasteiger partial charge in [0.15, 0.2) is 5.01 Å². The first-order chi connectivity index (χ1) is 12.3. The summed E-state index contributed by atoms with van der Waals surface area (Å²) in [6, 6.07) is -0.745. The zero-order valence-corrected chi connectivity index (χ0v) is 16.3. The summed E-state index contributed by atoms with van der Waals surface area (Å²) in [5, 5.41) is 26.5. The molecule has 3 heterocycles. The van der Waals surface area contributed by atoms with Gasteiger partial charge >= 0.3 is 5.97 Å². The molecule has 10 heteroatoms. The molecule has 9 nitrogen and oxygen atoms in total. The molecule has 1 saturated heterocycles. The van der Waals surface area contributed by atoms with E-state index >= 15 is 0 Å². The normalized spacial score (nSPS) is 20.7. The van der Waals surface area contributed by atoms with Crippen molar-refractivity contribution in [2.45, 2.75) is 45.1 Å². The van der Waals surface area contributed by atoms with Gasteiger partial charge in [0, 0.05) is 31.0 Å². The Balaban J connectivity index is 1.99. The maximum atomic E-state index is 11.8. The summed E-state index contributed by atoms with van der Waals surface area (Å²) in [7, 11) is 0. The number of aromatic nitrogens is 2. The molecule has 0 aromatic carbocycles. The highest BCUT2D eigenvalue weighted by molar-refractivity contribution is 7.15. The van der Waals surface area contributed by atoms with Crippen LogP contribution in [-0.4, -0.2) is 64.1 Å². The van der Waals surface area contributed by atoms with Gasteiger partial charge in [0.2, 0.25) is 10.9 Å². The minimum Gasteiger partial charge on any atom is -0.480 e. The zero-order chi connectivity index (χ0) is 18.9. The van der Waals surface area contributed by atoms with E-state index < -0.39 is 23.3 Å². The minimum atomic E-state index is -0.960. The molecular weight excluding hydrogens is 356 g/mol. The second kappa shape index (κ2) is 7.01. The lowest BCUT2D eigenvalue weighted by Gasteiger charge is -2.49. The number of anilines is 1. The number of rotatable bonds is 5. The molecule has 3 N–H and O–H groups in total. The third-order valence-corrected chi connectivity index (χ3v) is 5.59. The van der Waals surface area contributed by atoms with E-state index in [1.54, 1.807) is 19.3 Å². The number of carbonyl (C=O) groups is 1. The summed E-state index contributed by atoms with van der Waals surface area (Å²) >= 11 is 1.46. The third-order valence-electron chi connectivity index (χ3n) is 4.50. The lowest BCUT2D eigenvalue weighted by molar-refractivity contribution is -0.152. The van der Waals surface area contributed by atoms with Crippen LogP contribution in [0, 0.1) is 0 Å². The molecule has 2 aliphatic rings. The number of nitrogens with one attached hydrogen (secondary N) is 2. The lowest BCUT2D eigenvalue weighted by atomic mass is 9.99. The van der Waals surface area contributed by atoms with Crippen molar-refractivity contribution in [3.63, 3.8) is 0 Å². The van der Waals surface area contributed by atoms with E-state index in [2.05, 4.69) is 25.7 Å². The van der Waals surface area contributed by atoms with Crippen LogP contribution in [0.25, 0.3) is 0 Å². The van der Waals surface area contributed by atoms with Crippen molar-refractivity contribution in [2.24, 2.45) is 0 Å². The fourth-order valence-electron chi connectivity index (χ4n) is 3.46. The first-order valence-corrected chi connectivity index (χ1v) is 9.47. The van der Waals surface area contributed by atoms with Crippen molar-refractivity contribution in [1.29, 1.82) is 0 Å². The number of hydrogen-bond acceptors (Lipinski definition) is 9. The van der Waals surface area contributed by atoms with E-state index in [0.717, 1.165) is 18.2 Å². The largest absolute Gasteiger partial charge is 0.480 e. The number of nitrogens with zero attached hydrogens (tertiary/aromatic N) is 4. The Labute approximate surface area is 157 Å². The molecule has 1 fully saturated rings. The molecule has 0 amide bonds. The number of morpholine rings is 1. The summed E-state index contributed by atoms with van der Waals surface area (Å²) < 4.78 is 5.39. The van der Waals surface area contributed by atoms with Crippen molar-refractivity contribution in [2.75, 3.05) is 31.2 Å². The zero-order valence-electron chi connectivity index (χ0n) is 15.5. The van der Waals surface area contributed by atoms with Gasteiger partial charge in [0.1, 0.15) is 6.04 Å². The van der Waals surface area contributed by atoms with Crippen LogP contribution in [0.15, 0.2) is 12.4 Å². The average Bonchev–Trinajstić information content (AvgIpc) is 3.24. The van der Waals surface area contributed by atoms with Crippen LogP contribution in [-0.2, 0) is 15.3 Å². The van der Waals surface area contributed by atoms with Gasteiger partial charge in [-0.1, -0.05) is 11.3 Å². The molecule has 1 aromatic rings. The Kier molecular flexibility index (Phi) is 5.09. The predicted octanol–water partition coefficient (Wildman–Crippen LogP) is 0.723. The van der Waals surface area contributed by atoms with Crippen molar-refractivity contribution < 1.29 is 14.6 Å². The molecule has 1 atom stereocenters. The maximum Gasteiger partial charge on any atom is 0.320 e. The SMILES string of the molecule is C[C@@H](C(=O)O)N(C(C)(C)C)C1(c2nnc(N3CCOCC3)s2)NC=CN1. The summed E-state index contributed by atoms with van der Waals surface area (Å²) in [6.07, 6.45) is 3.53. The molecule has 0 bridgehead atoms. The van der Waals surface area contributed by atoms with Gasteiger partial charge in [-0.05, 0) is 27.7 Å². The van der Waals surface area contributed by atoms with Crippen molar-refractivity contribution >= 4 is 22.4 Å². The third kappa shape index (κ3) is 3.36. The first kappa shape index (κ1) is 18.9. The van der Waals surface area contributed by atoms with Crippen LogP contribution in [0.2, 0.25) is 0 Å². The van der Waals surface area contributed by atoms with Gasteiger partial charge in [-0.25, -0.2) is 4.90 Å². The summed E-state index contributed by atoms with van der Waals surface area (Å²) in [6.45, 7) is 10.5. The first-order valence-electron chi connectivity index (χ1n) is 8.65. The molecule has 1 aromatic heterocycles. The van der Waals surface area contributed by atoms with Crippen LogP contribution >= 0.6 is 11.3 Å². The number of carboxylic acids is 1. The molecule has 2 aliphatic heterocycles. The van der Waals surface area contributed by atoms with E-state index in [1.165, 1.54) is 11.3 Å². The van der Waals surface area contributed by atoms with Crippen LogP contribution in [0.4, 0.5) is 5.13 Å². The maximum absolute atomic E-state index is 11.8. The lowest BCUT2D eigenvalue weighted by Crippen LogP contribution is -2.68. The highest BCUT2D eigenvalue weighted by Gasteiger charge is 2.51. The summed E-state index contributed by atoms with van der Waals surface area (Å²) in [5.41, 5.74) is -0.450. The topological polar surface area (TPSA) is 103 Å². The summed E-state index contributed by atoms with van der Waals surface area (Å²) in [4.78, 5) is 15.8. The Bertz CT molecular complexity index is 672. The molecule has 0 saturated carbocycles. The van der Waals surface area contributed by atoms with Gasteiger partial charge < -0.3 is 25.4 Å².